The summed E-state index contributed by atoms with van der Waals surface area (Å²) in [5.74, 6) is 0. The molecule has 0 bridgehead atoms. The molecular weight excluding hydrogens is 210 g/mol. The Morgan fingerprint density at radius 2 is 2.53 bits per heavy atom. The van der Waals surface area contributed by atoms with Crippen molar-refractivity contribution in [3.63, 3.8) is 0 Å². The lowest BCUT2D eigenvalue weighted by molar-refractivity contribution is 0.148. The number of thiocarbonyl (C=S) groups is 1. The van der Waals surface area contributed by atoms with Crippen LogP contribution in [-0.2, 0) is 0 Å². The number of hydrogen-bond acceptors (Lipinski definition) is 3. The Kier molecular flexibility index (Phi) is 3.13. The number of aromatic nitrogens is 1. The Hall–Kier alpha value is -1.20. The zero-order valence-electron chi connectivity index (χ0n) is 8.26. The molecule has 0 spiro atoms. The third-order valence-corrected chi connectivity index (χ3v) is 2.81. The van der Waals surface area contributed by atoms with Crippen molar-refractivity contribution in [1.29, 1.82) is 0 Å². The van der Waals surface area contributed by atoms with E-state index in [1.807, 2.05) is 17.0 Å². The van der Waals surface area contributed by atoms with E-state index in [0.717, 1.165) is 23.8 Å². The molecule has 0 amide bonds. The summed E-state index contributed by atoms with van der Waals surface area (Å²) in [6.07, 6.45) is 2.84. The molecule has 2 N–H and O–H groups in total. The Balaban J connectivity index is 1.98. The van der Waals surface area contributed by atoms with Gasteiger partial charge in [0.05, 0.1) is 12.6 Å². The van der Waals surface area contributed by atoms with Crippen LogP contribution in [0.5, 0.6) is 0 Å². The Morgan fingerprint density at radius 1 is 1.67 bits per heavy atom. The second-order valence-corrected chi connectivity index (χ2v) is 3.87. The maximum absolute atomic E-state index is 9.93. The van der Waals surface area contributed by atoms with E-state index in [9.17, 15) is 5.11 Å². The minimum Gasteiger partial charge on any atom is -0.386 e. The number of aliphatic hydroxyl groups excluding tert-OH is 1. The fourth-order valence-electron chi connectivity index (χ4n) is 1.57. The molecule has 1 saturated heterocycles. The summed E-state index contributed by atoms with van der Waals surface area (Å²) >= 11 is 5.10. The van der Waals surface area contributed by atoms with Crippen LogP contribution in [-0.4, -0.2) is 39.7 Å². The molecule has 0 saturated carbocycles. The molecule has 1 unspecified atom stereocenters. The Bertz CT molecular complexity index is 344. The minimum atomic E-state index is -0.531. The van der Waals surface area contributed by atoms with Crippen molar-refractivity contribution in [3.8, 4) is 0 Å². The van der Waals surface area contributed by atoms with Crippen molar-refractivity contribution in [2.75, 3.05) is 19.6 Å². The second kappa shape index (κ2) is 4.55. The largest absolute Gasteiger partial charge is 0.386 e. The van der Waals surface area contributed by atoms with Gasteiger partial charge >= 0.3 is 0 Å². The van der Waals surface area contributed by atoms with Gasteiger partial charge in [-0.3, -0.25) is 4.98 Å². The number of nitrogens with one attached hydrogen (secondary N) is 1. The zero-order chi connectivity index (χ0) is 10.7. The maximum atomic E-state index is 9.93. The first-order valence-electron chi connectivity index (χ1n) is 4.88. The van der Waals surface area contributed by atoms with Crippen molar-refractivity contribution in [3.05, 3.63) is 30.1 Å². The molecule has 15 heavy (non-hydrogen) atoms. The van der Waals surface area contributed by atoms with E-state index in [1.54, 1.807) is 12.4 Å². The molecule has 80 valence electrons. The smallest absolute Gasteiger partial charge is 0.169 e. The van der Waals surface area contributed by atoms with Gasteiger partial charge < -0.3 is 15.3 Å². The van der Waals surface area contributed by atoms with Crippen LogP contribution in [0, 0.1) is 0 Å². The standard InChI is InChI=1S/C10H13N3OS/c14-9(8-2-1-3-11-6-8)7-13-5-4-12-10(13)15/h1-3,6,9,14H,4-5,7H2,(H,12,15). The summed E-state index contributed by atoms with van der Waals surface area (Å²) in [6.45, 7) is 2.24. The summed E-state index contributed by atoms with van der Waals surface area (Å²) in [4.78, 5) is 5.94. The predicted molar refractivity (Wildman–Crippen MR) is 61.4 cm³/mol. The number of aliphatic hydroxyl groups is 1. The summed E-state index contributed by atoms with van der Waals surface area (Å²) in [6, 6.07) is 3.68. The molecule has 4 nitrogen and oxygen atoms in total. The van der Waals surface area contributed by atoms with Gasteiger partial charge in [-0.2, -0.15) is 0 Å². The van der Waals surface area contributed by atoms with Crippen LogP contribution in [0.3, 0.4) is 0 Å². The van der Waals surface area contributed by atoms with Gasteiger partial charge in [0.15, 0.2) is 5.11 Å². The highest BCUT2D eigenvalue weighted by atomic mass is 32.1. The van der Waals surface area contributed by atoms with Gasteiger partial charge in [-0.1, -0.05) is 6.07 Å². The molecule has 0 aromatic carbocycles. The summed E-state index contributed by atoms with van der Waals surface area (Å²) in [7, 11) is 0. The highest BCUT2D eigenvalue weighted by Gasteiger charge is 2.19. The molecule has 1 aliphatic rings. The average Bonchev–Trinajstić information content (AvgIpc) is 2.66. The maximum Gasteiger partial charge on any atom is 0.169 e. The van der Waals surface area contributed by atoms with Crippen molar-refractivity contribution < 1.29 is 5.11 Å². The van der Waals surface area contributed by atoms with E-state index < -0.39 is 6.10 Å². The van der Waals surface area contributed by atoms with E-state index in [2.05, 4.69) is 10.3 Å². The lowest BCUT2D eigenvalue weighted by Crippen LogP contribution is -2.31. The second-order valence-electron chi connectivity index (χ2n) is 3.48. The van der Waals surface area contributed by atoms with E-state index in [-0.39, 0.29) is 0 Å². The molecule has 1 aromatic heterocycles. The van der Waals surface area contributed by atoms with Crippen molar-refractivity contribution >= 4 is 17.3 Å². The van der Waals surface area contributed by atoms with Crippen LogP contribution in [0.25, 0.3) is 0 Å². The highest BCUT2D eigenvalue weighted by molar-refractivity contribution is 7.80. The number of nitrogens with zero attached hydrogens (tertiary/aromatic N) is 2. The average molecular weight is 223 g/mol. The van der Waals surface area contributed by atoms with Gasteiger partial charge in [0.1, 0.15) is 0 Å². The SMILES string of the molecule is OC(CN1CCNC1=S)c1cccnc1. The Morgan fingerprint density at radius 3 is 3.13 bits per heavy atom. The molecule has 0 radical (unpaired) electrons. The molecule has 1 aromatic rings. The number of rotatable bonds is 3. The van der Waals surface area contributed by atoms with Crippen LogP contribution in [0.1, 0.15) is 11.7 Å². The van der Waals surface area contributed by atoms with Gasteiger partial charge in [0.25, 0.3) is 0 Å². The van der Waals surface area contributed by atoms with Gasteiger partial charge in [0.2, 0.25) is 0 Å². The van der Waals surface area contributed by atoms with Gasteiger partial charge in [-0.05, 0) is 18.3 Å². The first-order chi connectivity index (χ1) is 7.27. The fourth-order valence-corrected chi connectivity index (χ4v) is 1.84. The zero-order valence-corrected chi connectivity index (χ0v) is 9.07. The van der Waals surface area contributed by atoms with Crippen molar-refractivity contribution in [1.82, 2.24) is 15.2 Å². The molecule has 2 rings (SSSR count). The van der Waals surface area contributed by atoms with Crippen LogP contribution < -0.4 is 5.32 Å². The van der Waals surface area contributed by atoms with Crippen LogP contribution in [0.4, 0.5) is 0 Å². The monoisotopic (exact) mass is 223 g/mol. The van der Waals surface area contributed by atoms with Crippen LogP contribution >= 0.6 is 12.2 Å². The lowest BCUT2D eigenvalue weighted by Gasteiger charge is -2.20. The van der Waals surface area contributed by atoms with Gasteiger partial charge in [-0.15, -0.1) is 0 Å². The number of pyridine rings is 1. The predicted octanol–water partition coefficient (Wildman–Crippen LogP) is 0.305. The summed E-state index contributed by atoms with van der Waals surface area (Å²) in [5, 5.41) is 13.7. The third-order valence-electron chi connectivity index (χ3n) is 2.41. The number of hydrogen-bond donors (Lipinski definition) is 2. The van der Waals surface area contributed by atoms with E-state index in [4.69, 9.17) is 12.2 Å². The van der Waals surface area contributed by atoms with Crippen LogP contribution in [0.15, 0.2) is 24.5 Å². The summed E-state index contributed by atoms with van der Waals surface area (Å²) in [5.41, 5.74) is 0.826. The van der Waals surface area contributed by atoms with E-state index in [0.29, 0.717) is 6.54 Å². The lowest BCUT2D eigenvalue weighted by atomic mass is 10.1. The van der Waals surface area contributed by atoms with Crippen molar-refractivity contribution in [2.24, 2.45) is 0 Å². The minimum absolute atomic E-state index is 0.525. The molecule has 1 atom stereocenters. The van der Waals surface area contributed by atoms with E-state index in [1.165, 1.54) is 0 Å². The van der Waals surface area contributed by atoms with Crippen LogP contribution in [0.2, 0.25) is 0 Å². The molecule has 1 fully saturated rings. The number of β-amino-alcohol motifs (C(OH)–C–C–N with tert-alkyl or cyclic N) is 1. The quantitative estimate of drug-likeness (QED) is 0.722. The van der Waals surface area contributed by atoms with Crippen molar-refractivity contribution in [2.45, 2.75) is 6.10 Å². The first-order valence-corrected chi connectivity index (χ1v) is 5.29. The first kappa shape index (κ1) is 10.3. The Labute approximate surface area is 93.9 Å². The molecule has 1 aliphatic heterocycles. The molecule has 5 heteroatoms. The summed E-state index contributed by atoms with van der Waals surface area (Å²) < 4.78 is 0. The third kappa shape index (κ3) is 2.43. The molecule has 2 heterocycles. The molecule has 0 aliphatic carbocycles. The van der Waals surface area contributed by atoms with Gasteiger partial charge in [-0.25, -0.2) is 0 Å². The fraction of sp³-hybridized carbons (Fsp3) is 0.400. The van der Waals surface area contributed by atoms with Gasteiger partial charge in [0, 0.05) is 31.0 Å². The highest BCUT2D eigenvalue weighted by Crippen LogP contribution is 2.13. The topological polar surface area (TPSA) is 48.4 Å². The molecular formula is C10H13N3OS. The van der Waals surface area contributed by atoms with E-state index >= 15 is 0 Å². The normalized spacial score (nSPS) is 17.7.